The molecule has 152 valence electrons. The Morgan fingerprint density at radius 2 is 2.11 bits per heavy atom. The van der Waals surface area contributed by atoms with Crippen molar-refractivity contribution in [2.24, 2.45) is 17.8 Å². The lowest BCUT2D eigenvalue weighted by atomic mass is 9.88. The molecule has 0 aliphatic heterocycles. The highest BCUT2D eigenvalue weighted by Gasteiger charge is 2.44. The van der Waals surface area contributed by atoms with Crippen LogP contribution >= 0.6 is 11.6 Å². The molecule has 0 bridgehead atoms. The summed E-state index contributed by atoms with van der Waals surface area (Å²) in [5.41, 5.74) is 0.321. The number of halogens is 1. The lowest BCUT2D eigenvalue weighted by Crippen LogP contribution is -2.28. The summed E-state index contributed by atoms with van der Waals surface area (Å²) in [6, 6.07) is 4.66. The van der Waals surface area contributed by atoms with E-state index >= 15 is 0 Å². The van der Waals surface area contributed by atoms with Crippen LogP contribution in [0.2, 0.25) is 5.02 Å². The standard InChI is InChI=1S/C18H21ClN2O7/c1-10-5-15(22)12(13(10)8-21(25)26)7-18(24)28-9-17(23)20-14-6-11(19)3-4-16(14)27-2/h3-4,6,10,12-13H,5,7-9H2,1-2H3,(H,20,23)/t10-,12-,13+/m0/s1. The Kier molecular flexibility index (Phi) is 7.33. The summed E-state index contributed by atoms with van der Waals surface area (Å²) in [5, 5.41) is 13.7. The first-order valence-corrected chi connectivity index (χ1v) is 9.02. The molecular formula is C18H21ClN2O7. The van der Waals surface area contributed by atoms with Gasteiger partial charge in [0, 0.05) is 28.2 Å². The highest BCUT2D eigenvalue weighted by atomic mass is 35.5. The van der Waals surface area contributed by atoms with Crippen molar-refractivity contribution in [2.75, 3.05) is 25.6 Å². The smallest absolute Gasteiger partial charge is 0.307 e. The third-order valence-corrected chi connectivity index (χ3v) is 4.97. The number of hydrogen-bond donors (Lipinski definition) is 1. The molecule has 0 spiro atoms. The molecular weight excluding hydrogens is 392 g/mol. The van der Waals surface area contributed by atoms with E-state index in [0.29, 0.717) is 16.5 Å². The number of ketones is 1. The Balaban J connectivity index is 1.89. The van der Waals surface area contributed by atoms with E-state index in [2.05, 4.69) is 5.32 Å². The molecule has 1 N–H and O–H groups in total. The van der Waals surface area contributed by atoms with Gasteiger partial charge in [0.2, 0.25) is 6.54 Å². The predicted octanol–water partition coefficient (Wildman–Crippen LogP) is 2.34. The van der Waals surface area contributed by atoms with Crippen molar-refractivity contribution in [1.82, 2.24) is 0 Å². The van der Waals surface area contributed by atoms with Crippen LogP contribution in [0, 0.1) is 27.9 Å². The number of benzene rings is 1. The molecule has 1 fully saturated rings. The summed E-state index contributed by atoms with van der Waals surface area (Å²) in [5.74, 6) is -2.62. The Hall–Kier alpha value is -2.68. The minimum absolute atomic E-state index is 0.172. The molecule has 1 aliphatic rings. The number of nitrogens with zero attached hydrogens (tertiary/aromatic N) is 1. The molecule has 3 atom stereocenters. The van der Waals surface area contributed by atoms with Crippen LogP contribution in [-0.4, -0.2) is 42.8 Å². The quantitative estimate of drug-likeness (QED) is 0.394. The maximum absolute atomic E-state index is 12.1. The number of nitro groups is 1. The van der Waals surface area contributed by atoms with Gasteiger partial charge in [0.25, 0.3) is 5.91 Å². The van der Waals surface area contributed by atoms with Crippen LogP contribution < -0.4 is 10.1 Å². The van der Waals surface area contributed by atoms with Crippen LogP contribution in [0.25, 0.3) is 0 Å². The number of anilines is 1. The van der Waals surface area contributed by atoms with E-state index in [1.807, 2.05) is 0 Å². The second-order valence-corrected chi connectivity index (χ2v) is 7.13. The molecule has 1 amide bonds. The first kappa shape index (κ1) is 21.6. The summed E-state index contributed by atoms with van der Waals surface area (Å²) < 4.78 is 10.0. The number of Topliss-reactive ketones (excluding diaryl/α,β-unsaturated/α-hetero) is 1. The van der Waals surface area contributed by atoms with Crippen molar-refractivity contribution in [1.29, 1.82) is 0 Å². The number of carbonyl (C=O) groups excluding carboxylic acids is 3. The average Bonchev–Trinajstić information content (AvgIpc) is 2.86. The van der Waals surface area contributed by atoms with Gasteiger partial charge < -0.3 is 14.8 Å². The van der Waals surface area contributed by atoms with Crippen molar-refractivity contribution in [2.45, 2.75) is 19.8 Å². The van der Waals surface area contributed by atoms with Gasteiger partial charge in [-0.3, -0.25) is 24.5 Å². The van der Waals surface area contributed by atoms with E-state index < -0.39 is 35.2 Å². The van der Waals surface area contributed by atoms with Crippen molar-refractivity contribution < 1.29 is 28.8 Å². The molecule has 0 aromatic heterocycles. The van der Waals surface area contributed by atoms with Gasteiger partial charge in [0.1, 0.15) is 11.5 Å². The molecule has 0 unspecified atom stereocenters. The topological polar surface area (TPSA) is 125 Å². The first-order chi connectivity index (χ1) is 13.2. The number of nitrogens with one attached hydrogen (secondary N) is 1. The maximum Gasteiger partial charge on any atom is 0.307 e. The minimum atomic E-state index is -0.760. The molecule has 10 heteroatoms. The molecule has 1 aliphatic carbocycles. The van der Waals surface area contributed by atoms with Gasteiger partial charge in [-0.05, 0) is 24.1 Å². The summed E-state index contributed by atoms with van der Waals surface area (Å²) >= 11 is 5.88. The number of hydrogen-bond acceptors (Lipinski definition) is 7. The zero-order valence-electron chi connectivity index (χ0n) is 15.5. The van der Waals surface area contributed by atoms with E-state index in [4.69, 9.17) is 21.1 Å². The summed E-state index contributed by atoms with van der Waals surface area (Å²) in [4.78, 5) is 46.4. The van der Waals surface area contributed by atoms with Gasteiger partial charge in [0.05, 0.1) is 19.2 Å². The Labute approximate surface area is 166 Å². The number of ether oxygens (including phenoxy) is 2. The molecule has 0 saturated heterocycles. The third kappa shape index (κ3) is 5.66. The van der Waals surface area contributed by atoms with Crippen molar-refractivity contribution in [3.05, 3.63) is 33.3 Å². The van der Waals surface area contributed by atoms with Gasteiger partial charge in [-0.2, -0.15) is 0 Å². The fourth-order valence-corrected chi connectivity index (χ4v) is 3.52. The van der Waals surface area contributed by atoms with Gasteiger partial charge in [0.15, 0.2) is 6.61 Å². The van der Waals surface area contributed by atoms with E-state index in [9.17, 15) is 24.5 Å². The lowest BCUT2D eigenvalue weighted by Gasteiger charge is -2.17. The van der Waals surface area contributed by atoms with E-state index in [-0.39, 0.29) is 31.1 Å². The Morgan fingerprint density at radius 1 is 1.39 bits per heavy atom. The van der Waals surface area contributed by atoms with E-state index in [1.165, 1.54) is 13.2 Å². The molecule has 1 aromatic carbocycles. The predicted molar refractivity (Wildman–Crippen MR) is 99.8 cm³/mol. The van der Waals surface area contributed by atoms with Gasteiger partial charge in [-0.1, -0.05) is 18.5 Å². The van der Waals surface area contributed by atoms with Gasteiger partial charge in [-0.15, -0.1) is 0 Å². The van der Waals surface area contributed by atoms with Crippen LogP contribution in [0.3, 0.4) is 0 Å². The summed E-state index contributed by atoms with van der Waals surface area (Å²) in [7, 11) is 1.43. The van der Waals surface area contributed by atoms with Gasteiger partial charge in [-0.25, -0.2) is 0 Å². The lowest BCUT2D eigenvalue weighted by molar-refractivity contribution is -0.490. The number of methoxy groups -OCH3 is 1. The zero-order chi connectivity index (χ0) is 20.8. The summed E-state index contributed by atoms with van der Waals surface area (Å²) in [6.07, 6.45) is -0.0824. The minimum Gasteiger partial charge on any atom is -0.495 e. The fraction of sp³-hybridized carbons (Fsp3) is 0.500. The molecule has 1 saturated carbocycles. The molecule has 1 aromatic rings. The van der Waals surface area contributed by atoms with Crippen LogP contribution in [0.15, 0.2) is 18.2 Å². The van der Waals surface area contributed by atoms with Crippen LogP contribution in [0.5, 0.6) is 5.75 Å². The highest BCUT2D eigenvalue weighted by molar-refractivity contribution is 6.31. The summed E-state index contributed by atoms with van der Waals surface area (Å²) in [6.45, 7) is 0.813. The zero-order valence-corrected chi connectivity index (χ0v) is 16.2. The van der Waals surface area contributed by atoms with E-state index in [1.54, 1.807) is 19.1 Å². The molecule has 28 heavy (non-hydrogen) atoms. The molecule has 0 radical (unpaired) electrons. The maximum atomic E-state index is 12.1. The number of carbonyl (C=O) groups is 3. The van der Waals surface area contributed by atoms with E-state index in [0.717, 1.165) is 0 Å². The van der Waals surface area contributed by atoms with Crippen molar-refractivity contribution in [3.8, 4) is 5.75 Å². The highest BCUT2D eigenvalue weighted by Crippen LogP contribution is 2.36. The molecule has 0 heterocycles. The van der Waals surface area contributed by atoms with Crippen molar-refractivity contribution >= 4 is 34.9 Å². The Morgan fingerprint density at radius 3 is 2.75 bits per heavy atom. The first-order valence-electron chi connectivity index (χ1n) is 8.64. The fourth-order valence-electron chi connectivity index (χ4n) is 3.35. The SMILES string of the molecule is COc1ccc(Cl)cc1NC(=O)COC(=O)C[C@@H]1C(=O)C[C@H](C)[C@H]1C[N+](=O)[O-]. The number of esters is 1. The monoisotopic (exact) mass is 412 g/mol. The van der Waals surface area contributed by atoms with Crippen LogP contribution in [0.1, 0.15) is 19.8 Å². The third-order valence-electron chi connectivity index (χ3n) is 4.73. The van der Waals surface area contributed by atoms with Crippen LogP contribution in [-0.2, 0) is 19.1 Å². The van der Waals surface area contributed by atoms with Crippen LogP contribution in [0.4, 0.5) is 5.69 Å². The second kappa shape index (κ2) is 9.50. The number of amides is 1. The largest absolute Gasteiger partial charge is 0.495 e. The molecule has 2 rings (SSSR count). The van der Waals surface area contributed by atoms with Gasteiger partial charge >= 0.3 is 5.97 Å². The normalized spacial score (nSPS) is 21.2. The number of rotatable bonds is 8. The van der Waals surface area contributed by atoms with Crippen molar-refractivity contribution in [3.63, 3.8) is 0 Å². The Bertz CT molecular complexity index is 783. The average molecular weight is 413 g/mol. The molecule has 9 nitrogen and oxygen atoms in total. The second-order valence-electron chi connectivity index (χ2n) is 6.69.